The number of hydrogen-bond donors (Lipinski definition) is 0. The second kappa shape index (κ2) is 5.77. The maximum atomic E-state index is 11.0. The monoisotopic (exact) mass is 299 g/mol. The molecule has 5 heteroatoms. The van der Waals surface area contributed by atoms with Gasteiger partial charge in [0, 0.05) is 30.1 Å². The van der Waals surface area contributed by atoms with Crippen LogP contribution in [0.3, 0.4) is 0 Å². The van der Waals surface area contributed by atoms with E-state index in [9.17, 15) is 4.91 Å². The summed E-state index contributed by atoms with van der Waals surface area (Å²) in [5.41, 5.74) is 1.68. The topological polar surface area (TPSA) is 61.0 Å². The Morgan fingerprint density at radius 1 is 1.23 bits per heavy atom. The Labute approximate surface area is 128 Å². The third-order valence-corrected chi connectivity index (χ3v) is 3.89. The molecule has 1 aromatic heterocycles. The fourth-order valence-corrected chi connectivity index (χ4v) is 2.70. The normalized spacial score (nSPS) is 21.0. The summed E-state index contributed by atoms with van der Waals surface area (Å²) in [7, 11) is 3.25. The van der Waals surface area contributed by atoms with Crippen molar-refractivity contribution in [2.24, 2.45) is 11.1 Å². The molecular formula is C17H17NO4. The largest absolute Gasteiger partial charge is 0.497 e. The van der Waals surface area contributed by atoms with Crippen molar-refractivity contribution < 1.29 is 13.9 Å². The van der Waals surface area contributed by atoms with Crippen LogP contribution in [0.5, 0.6) is 5.75 Å². The van der Waals surface area contributed by atoms with Crippen molar-refractivity contribution in [1.29, 1.82) is 0 Å². The number of allylic oxidation sites excluding steroid dienone is 2. The molecule has 0 spiro atoms. The molecule has 3 rings (SSSR count). The molecule has 0 bridgehead atoms. The van der Waals surface area contributed by atoms with E-state index in [2.05, 4.69) is 18.2 Å². The fraction of sp³-hybridized carbons (Fsp3) is 0.294. The number of nitrogens with zero attached hydrogens (tertiary/aromatic N) is 1. The summed E-state index contributed by atoms with van der Waals surface area (Å²) in [6, 6.07) is 5.28. The molecule has 114 valence electrons. The second-order valence-corrected chi connectivity index (χ2v) is 5.31. The molecule has 0 saturated carbocycles. The van der Waals surface area contributed by atoms with Crippen molar-refractivity contribution in [3.8, 4) is 5.75 Å². The van der Waals surface area contributed by atoms with Gasteiger partial charge in [0.2, 0.25) is 0 Å². The number of furan rings is 1. The van der Waals surface area contributed by atoms with E-state index in [-0.39, 0.29) is 17.7 Å². The van der Waals surface area contributed by atoms with Gasteiger partial charge in [0.1, 0.15) is 11.5 Å². The van der Waals surface area contributed by atoms with E-state index in [4.69, 9.17) is 13.9 Å². The molecule has 0 aliphatic heterocycles. The molecule has 2 atom stereocenters. The van der Waals surface area contributed by atoms with Gasteiger partial charge in [-0.3, -0.25) is 0 Å². The Kier molecular flexibility index (Phi) is 3.81. The summed E-state index contributed by atoms with van der Waals surface area (Å²) in [5.74, 6) is 1.53. The van der Waals surface area contributed by atoms with Gasteiger partial charge in [-0.2, -0.15) is 0 Å². The van der Waals surface area contributed by atoms with Gasteiger partial charge in [0.15, 0.2) is 11.3 Å². The van der Waals surface area contributed by atoms with Gasteiger partial charge in [0.25, 0.3) is 0 Å². The van der Waals surface area contributed by atoms with Crippen LogP contribution < -0.4 is 4.74 Å². The number of rotatable bonds is 4. The molecule has 5 nitrogen and oxygen atoms in total. The zero-order valence-electron chi connectivity index (χ0n) is 12.7. The van der Waals surface area contributed by atoms with Crippen LogP contribution in [-0.2, 0) is 4.74 Å². The lowest BCUT2D eigenvalue weighted by Gasteiger charge is -2.20. The van der Waals surface area contributed by atoms with E-state index in [1.54, 1.807) is 20.3 Å². The Hall–Kier alpha value is -2.40. The van der Waals surface area contributed by atoms with Crippen LogP contribution in [0.2, 0.25) is 0 Å². The lowest BCUT2D eigenvalue weighted by atomic mass is 9.94. The average molecular weight is 299 g/mol. The number of methoxy groups -OCH3 is 2. The molecule has 0 amide bonds. The maximum Gasteiger partial charge on any atom is 0.164 e. The van der Waals surface area contributed by atoms with Crippen LogP contribution in [-0.4, -0.2) is 20.3 Å². The average Bonchev–Trinajstić information content (AvgIpc) is 2.97. The Bertz CT molecular complexity index is 772. The molecule has 1 aliphatic carbocycles. The van der Waals surface area contributed by atoms with Crippen molar-refractivity contribution in [2.45, 2.75) is 13.0 Å². The van der Waals surface area contributed by atoms with E-state index in [1.165, 1.54) is 0 Å². The highest BCUT2D eigenvalue weighted by atomic mass is 16.5. The molecule has 1 heterocycles. The smallest absolute Gasteiger partial charge is 0.164 e. The van der Waals surface area contributed by atoms with Gasteiger partial charge >= 0.3 is 0 Å². The predicted octanol–water partition coefficient (Wildman–Crippen LogP) is 4.44. The highest BCUT2D eigenvalue weighted by Crippen LogP contribution is 2.37. The Balaban J connectivity index is 2.06. The first-order valence-electron chi connectivity index (χ1n) is 7.04. The SMILES string of the molecule is COc1cc(N=O)c2oc(C3=CC(C)C(OC)C=C3)cc2c1. The van der Waals surface area contributed by atoms with E-state index in [1.807, 2.05) is 24.3 Å². The first-order valence-corrected chi connectivity index (χ1v) is 7.04. The van der Waals surface area contributed by atoms with Gasteiger partial charge in [-0.15, -0.1) is 4.91 Å². The van der Waals surface area contributed by atoms with Gasteiger partial charge in [-0.05, 0) is 17.3 Å². The highest BCUT2D eigenvalue weighted by Gasteiger charge is 2.19. The van der Waals surface area contributed by atoms with Gasteiger partial charge in [-0.1, -0.05) is 25.2 Å². The lowest BCUT2D eigenvalue weighted by molar-refractivity contribution is 0.112. The Morgan fingerprint density at radius 3 is 2.68 bits per heavy atom. The first-order chi connectivity index (χ1) is 10.7. The standard InChI is InChI=1S/C17H17NO4/c1-10-6-11(4-5-15(10)21-3)16-8-12-7-13(20-2)9-14(18-19)17(12)22-16/h4-10,15H,1-3H3. The highest BCUT2D eigenvalue weighted by molar-refractivity contribution is 5.92. The third kappa shape index (κ3) is 2.44. The van der Waals surface area contributed by atoms with E-state index < -0.39 is 0 Å². The molecule has 0 fully saturated rings. The quantitative estimate of drug-likeness (QED) is 0.783. The van der Waals surface area contributed by atoms with Gasteiger partial charge < -0.3 is 13.9 Å². The van der Waals surface area contributed by atoms with Crippen molar-refractivity contribution in [2.75, 3.05) is 14.2 Å². The summed E-state index contributed by atoms with van der Waals surface area (Å²) < 4.78 is 16.4. The minimum absolute atomic E-state index is 0.0698. The van der Waals surface area contributed by atoms with E-state index >= 15 is 0 Å². The molecule has 2 unspecified atom stereocenters. The summed E-state index contributed by atoms with van der Waals surface area (Å²) in [4.78, 5) is 11.0. The first kappa shape index (κ1) is 14.5. The van der Waals surface area contributed by atoms with Crippen LogP contribution in [0.1, 0.15) is 12.7 Å². The summed E-state index contributed by atoms with van der Waals surface area (Å²) >= 11 is 0. The third-order valence-electron chi connectivity index (χ3n) is 3.89. The van der Waals surface area contributed by atoms with Crippen LogP contribution in [0, 0.1) is 10.8 Å². The molecule has 0 saturated heterocycles. The fourth-order valence-electron chi connectivity index (χ4n) is 2.70. The summed E-state index contributed by atoms with van der Waals surface area (Å²) in [6.07, 6.45) is 6.14. The zero-order valence-corrected chi connectivity index (χ0v) is 12.7. The number of hydrogen-bond acceptors (Lipinski definition) is 5. The molecular weight excluding hydrogens is 282 g/mol. The number of benzene rings is 1. The van der Waals surface area contributed by atoms with Crippen molar-refractivity contribution in [1.82, 2.24) is 0 Å². The van der Waals surface area contributed by atoms with Crippen molar-refractivity contribution in [3.05, 3.63) is 47.1 Å². The molecule has 0 N–H and O–H groups in total. The Morgan fingerprint density at radius 2 is 2.05 bits per heavy atom. The van der Waals surface area contributed by atoms with Crippen molar-refractivity contribution >= 4 is 22.2 Å². The minimum Gasteiger partial charge on any atom is -0.497 e. The van der Waals surface area contributed by atoms with E-state index in [0.717, 1.165) is 11.0 Å². The molecule has 22 heavy (non-hydrogen) atoms. The molecule has 2 aromatic rings. The maximum absolute atomic E-state index is 11.0. The van der Waals surface area contributed by atoms with Crippen LogP contribution in [0.25, 0.3) is 16.5 Å². The summed E-state index contributed by atoms with van der Waals surface area (Å²) in [5, 5.41) is 3.82. The second-order valence-electron chi connectivity index (χ2n) is 5.31. The zero-order chi connectivity index (χ0) is 15.7. The van der Waals surface area contributed by atoms with E-state index in [0.29, 0.717) is 17.1 Å². The number of nitroso groups, excluding NO2 is 1. The molecule has 1 aliphatic rings. The van der Waals surface area contributed by atoms with Crippen LogP contribution >= 0.6 is 0 Å². The van der Waals surface area contributed by atoms with Crippen LogP contribution in [0.15, 0.2) is 46.0 Å². The minimum atomic E-state index is 0.0698. The lowest BCUT2D eigenvalue weighted by Crippen LogP contribution is -2.18. The summed E-state index contributed by atoms with van der Waals surface area (Å²) in [6.45, 7) is 2.09. The van der Waals surface area contributed by atoms with Gasteiger partial charge in [0.05, 0.1) is 13.2 Å². The van der Waals surface area contributed by atoms with Gasteiger partial charge in [-0.25, -0.2) is 0 Å². The van der Waals surface area contributed by atoms with Crippen LogP contribution in [0.4, 0.5) is 5.69 Å². The van der Waals surface area contributed by atoms with Crippen molar-refractivity contribution in [3.63, 3.8) is 0 Å². The molecule has 1 aromatic carbocycles. The molecule has 0 radical (unpaired) electrons. The number of fused-ring (bicyclic) bond motifs is 1. The number of ether oxygens (including phenoxy) is 2. The predicted molar refractivity (Wildman–Crippen MR) is 85.3 cm³/mol.